The molecule has 5 nitrogen and oxygen atoms in total. The summed E-state index contributed by atoms with van der Waals surface area (Å²) in [6, 6.07) is 1.21. The number of halogens is 1. The molecule has 1 aliphatic carbocycles. The Hall–Kier alpha value is -0.0800. The maximum absolute atomic E-state index is 5.19. The molecule has 0 radical (unpaired) electrons. The Morgan fingerprint density at radius 3 is 2.81 bits per heavy atom. The number of likely N-dealkylation sites (tertiary alicyclic amines) is 1. The van der Waals surface area contributed by atoms with Gasteiger partial charge in [-0.25, -0.2) is 0 Å². The summed E-state index contributed by atoms with van der Waals surface area (Å²) in [5.41, 5.74) is 0. The summed E-state index contributed by atoms with van der Waals surface area (Å²) in [6.07, 6.45) is 3.81. The van der Waals surface area contributed by atoms with E-state index in [0.717, 1.165) is 38.1 Å². The van der Waals surface area contributed by atoms with Crippen LogP contribution in [0.4, 0.5) is 0 Å². The van der Waals surface area contributed by atoms with Crippen molar-refractivity contribution < 1.29 is 4.74 Å². The van der Waals surface area contributed by atoms with Gasteiger partial charge in [-0.15, -0.1) is 24.0 Å². The first kappa shape index (κ1) is 19.0. The molecule has 1 aliphatic heterocycles. The predicted molar refractivity (Wildman–Crippen MR) is 98.6 cm³/mol. The zero-order chi connectivity index (χ0) is 14.4. The Balaban J connectivity index is 0.00000220. The first-order valence-corrected chi connectivity index (χ1v) is 8.02. The zero-order valence-corrected chi connectivity index (χ0v) is 15.9. The third-order valence-corrected chi connectivity index (χ3v) is 4.32. The zero-order valence-electron chi connectivity index (χ0n) is 13.6. The van der Waals surface area contributed by atoms with Crippen LogP contribution in [0.25, 0.3) is 0 Å². The van der Waals surface area contributed by atoms with Crippen molar-refractivity contribution in [2.75, 3.05) is 39.9 Å². The lowest BCUT2D eigenvalue weighted by atomic mass is 10.2. The molecule has 1 saturated carbocycles. The standard InChI is InChI=1S/C15H30N4O.HI/c1-4-16-15(18-14-10-12(14)2)17-11-13-6-5-7-19(13)8-9-20-3;/h12-14H,4-11H2,1-3H3,(H2,16,17,18);1H. The van der Waals surface area contributed by atoms with Gasteiger partial charge in [0.15, 0.2) is 5.96 Å². The fourth-order valence-corrected chi connectivity index (χ4v) is 2.82. The van der Waals surface area contributed by atoms with Crippen LogP contribution in [0.2, 0.25) is 0 Å². The molecule has 0 spiro atoms. The Morgan fingerprint density at radius 1 is 1.43 bits per heavy atom. The van der Waals surface area contributed by atoms with E-state index >= 15 is 0 Å². The van der Waals surface area contributed by atoms with Crippen LogP contribution in [0, 0.1) is 5.92 Å². The molecule has 3 unspecified atom stereocenters. The van der Waals surface area contributed by atoms with E-state index in [1.165, 1.54) is 25.8 Å². The highest BCUT2D eigenvalue weighted by molar-refractivity contribution is 14.0. The fourth-order valence-electron chi connectivity index (χ4n) is 2.82. The number of nitrogens with one attached hydrogen (secondary N) is 2. The van der Waals surface area contributed by atoms with Crippen molar-refractivity contribution in [2.45, 2.75) is 45.2 Å². The van der Waals surface area contributed by atoms with Crippen molar-refractivity contribution >= 4 is 29.9 Å². The summed E-state index contributed by atoms with van der Waals surface area (Å²) in [5, 5.41) is 6.87. The lowest BCUT2D eigenvalue weighted by molar-refractivity contribution is 0.142. The van der Waals surface area contributed by atoms with E-state index < -0.39 is 0 Å². The second-order valence-electron chi connectivity index (χ2n) is 6.01. The van der Waals surface area contributed by atoms with Crippen molar-refractivity contribution in [3.05, 3.63) is 0 Å². The van der Waals surface area contributed by atoms with Gasteiger partial charge in [0.1, 0.15) is 0 Å². The second kappa shape index (κ2) is 9.84. The molecule has 3 atom stereocenters. The van der Waals surface area contributed by atoms with Crippen LogP contribution in [0.1, 0.15) is 33.1 Å². The maximum Gasteiger partial charge on any atom is 0.191 e. The van der Waals surface area contributed by atoms with Gasteiger partial charge in [-0.3, -0.25) is 9.89 Å². The van der Waals surface area contributed by atoms with Crippen molar-refractivity contribution in [1.82, 2.24) is 15.5 Å². The van der Waals surface area contributed by atoms with Gasteiger partial charge in [0, 0.05) is 32.3 Å². The van der Waals surface area contributed by atoms with Crippen LogP contribution < -0.4 is 10.6 Å². The lowest BCUT2D eigenvalue weighted by Crippen LogP contribution is -2.41. The molecule has 2 rings (SSSR count). The number of aliphatic imine (C=N–C) groups is 1. The number of rotatable bonds is 7. The minimum Gasteiger partial charge on any atom is -0.383 e. The quantitative estimate of drug-likeness (QED) is 0.381. The van der Waals surface area contributed by atoms with E-state index in [0.29, 0.717) is 12.1 Å². The largest absolute Gasteiger partial charge is 0.383 e. The van der Waals surface area contributed by atoms with Gasteiger partial charge in [-0.1, -0.05) is 6.92 Å². The van der Waals surface area contributed by atoms with Gasteiger partial charge in [-0.05, 0) is 38.6 Å². The molecule has 0 amide bonds. The summed E-state index contributed by atoms with van der Waals surface area (Å²) in [6.45, 7) is 9.25. The van der Waals surface area contributed by atoms with E-state index in [9.17, 15) is 0 Å². The molecule has 0 aromatic carbocycles. The molecule has 2 fully saturated rings. The highest BCUT2D eigenvalue weighted by Gasteiger charge is 2.33. The van der Waals surface area contributed by atoms with Crippen LogP contribution in [-0.2, 0) is 4.74 Å². The van der Waals surface area contributed by atoms with E-state index in [1.807, 2.05) is 0 Å². The van der Waals surface area contributed by atoms with Crippen LogP contribution >= 0.6 is 24.0 Å². The van der Waals surface area contributed by atoms with Crippen LogP contribution in [-0.4, -0.2) is 62.8 Å². The third-order valence-electron chi connectivity index (χ3n) is 4.32. The smallest absolute Gasteiger partial charge is 0.191 e. The summed E-state index contributed by atoms with van der Waals surface area (Å²) in [5.74, 6) is 1.78. The van der Waals surface area contributed by atoms with Gasteiger partial charge >= 0.3 is 0 Å². The molecule has 124 valence electrons. The Kier molecular flexibility index (Phi) is 8.89. The predicted octanol–water partition coefficient (Wildman–Crippen LogP) is 1.68. The molecular formula is C15H31IN4O. The van der Waals surface area contributed by atoms with Crippen LogP contribution in [0.3, 0.4) is 0 Å². The molecule has 2 N–H and O–H groups in total. The number of nitrogens with zero attached hydrogens (tertiary/aromatic N) is 2. The van der Waals surface area contributed by atoms with E-state index in [4.69, 9.17) is 9.73 Å². The van der Waals surface area contributed by atoms with E-state index in [2.05, 4.69) is 29.4 Å². The van der Waals surface area contributed by atoms with Gasteiger partial charge in [-0.2, -0.15) is 0 Å². The summed E-state index contributed by atoms with van der Waals surface area (Å²) < 4.78 is 5.19. The number of hydrogen-bond acceptors (Lipinski definition) is 3. The monoisotopic (exact) mass is 410 g/mol. The van der Waals surface area contributed by atoms with E-state index in [1.54, 1.807) is 7.11 Å². The second-order valence-corrected chi connectivity index (χ2v) is 6.01. The number of hydrogen-bond donors (Lipinski definition) is 2. The molecular weight excluding hydrogens is 379 g/mol. The molecule has 21 heavy (non-hydrogen) atoms. The molecule has 1 saturated heterocycles. The topological polar surface area (TPSA) is 48.9 Å². The maximum atomic E-state index is 5.19. The van der Waals surface area contributed by atoms with Crippen LogP contribution in [0.5, 0.6) is 0 Å². The molecule has 2 aliphatic rings. The summed E-state index contributed by atoms with van der Waals surface area (Å²) in [4.78, 5) is 7.29. The first-order chi connectivity index (χ1) is 9.74. The molecule has 6 heteroatoms. The van der Waals surface area contributed by atoms with Gasteiger partial charge < -0.3 is 15.4 Å². The van der Waals surface area contributed by atoms with E-state index in [-0.39, 0.29) is 24.0 Å². The highest BCUT2D eigenvalue weighted by atomic mass is 127. The Labute approximate surface area is 146 Å². The molecule has 1 heterocycles. The molecule has 0 aromatic heterocycles. The van der Waals surface area contributed by atoms with Gasteiger partial charge in [0.05, 0.1) is 13.2 Å². The minimum absolute atomic E-state index is 0. The summed E-state index contributed by atoms with van der Waals surface area (Å²) in [7, 11) is 1.77. The van der Waals surface area contributed by atoms with Crippen molar-refractivity contribution in [2.24, 2.45) is 10.9 Å². The SMILES string of the molecule is CCNC(=NCC1CCCN1CCOC)NC1CC1C.I. The lowest BCUT2D eigenvalue weighted by Gasteiger charge is -2.23. The summed E-state index contributed by atoms with van der Waals surface area (Å²) >= 11 is 0. The third kappa shape index (κ3) is 6.28. The number of guanidine groups is 1. The van der Waals surface area contributed by atoms with Crippen LogP contribution in [0.15, 0.2) is 4.99 Å². The average molecular weight is 410 g/mol. The van der Waals surface area contributed by atoms with Gasteiger partial charge in [0.25, 0.3) is 0 Å². The number of methoxy groups -OCH3 is 1. The number of ether oxygens (including phenoxy) is 1. The minimum atomic E-state index is 0. The molecule has 0 aromatic rings. The normalized spacial score (nSPS) is 29.1. The first-order valence-electron chi connectivity index (χ1n) is 8.02. The van der Waals surface area contributed by atoms with Crippen molar-refractivity contribution in [3.8, 4) is 0 Å². The van der Waals surface area contributed by atoms with Gasteiger partial charge in [0.2, 0.25) is 0 Å². The Bertz CT molecular complexity index is 327. The fraction of sp³-hybridized carbons (Fsp3) is 0.933. The highest BCUT2D eigenvalue weighted by Crippen LogP contribution is 2.28. The van der Waals surface area contributed by atoms with Crippen molar-refractivity contribution in [3.63, 3.8) is 0 Å². The average Bonchev–Trinajstić information content (AvgIpc) is 2.96. The molecule has 0 bridgehead atoms. The Morgan fingerprint density at radius 2 is 2.19 bits per heavy atom. The van der Waals surface area contributed by atoms with Crippen molar-refractivity contribution in [1.29, 1.82) is 0 Å².